The molecular formula is C21H26N10O13P2. The SMILES string of the molecule is Nc1nc2c(ncn2[C@@H]2O[C@H]3COP(=O)(O)OC4C[C@H](n5cnc6c(=O)[nH]c(N)nc65)O[C@@H]4CCOP(=O)(O)OC3[C@@H]2O)c(=O)[nH]1. The number of aromatic amines is 2. The Bertz CT molecular complexity index is 2030. The predicted octanol–water partition coefficient (Wildman–Crippen LogP) is -1.63. The minimum Gasteiger partial charge on any atom is -0.386 e. The summed E-state index contributed by atoms with van der Waals surface area (Å²) in [6.07, 6.45) is -7.14. The third kappa shape index (κ3) is 5.65. The van der Waals surface area contributed by atoms with Crippen molar-refractivity contribution in [2.24, 2.45) is 0 Å². The molecule has 9 N–H and O–H groups in total. The van der Waals surface area contributed by atoms with Gasteiger partial charge >= 0.3 is 15.6 Å². The van der Waals surface area contributed by atoms with E-state index >= 15 is 0 Å². The summed E-state index contributed by atoms with van der Waals surface area (Å²) in [7, 11) is -9.82. The highest BCUT2D eigenvalue weighted by molar-refractivity contribution is 7.47. The largest absolute Gasteiger partial charge is 0.472 e. The van der Waals surface area contributed by atoms with Gasteiger partial charge in [-0.1, -0.05) is 0 Å². The molecule has 0 radical (unpaired) electrons. The van der Waals surface area contributed by atoms with Gasteiger partial charge < -0.3 is 35.8 Å². The lowest BCUT2D eigenvalue weighted by Gasteiger charge is -2.23. The number of ether oxygens (including phenoxy) is 2. The van der Waals surface area contributed by atoms with Gasteiger partial charge in [-0.3, -0.25) is 46.8 Å². The van der Waals surface area contributed by atoms with E-state index in [0.29, 0.717) is 0 Å². The number of rotatable bonds is 2. The molecule has 25 heteroatoms. The average molecular weight is 688 g/mol. The maximum absolute atomic E-state index is 13.1. The van der Waals surface area contributed by atoms with Crippen LogP contribution in [0.1, 0.15) is 25.3 Å². The first kappa shape index (κ1) is 31.0. The molecule has 0 aromatic carbocycles. The Labute approximate surface area is 254 Å². The molecule has 46 heavy (non-hydrogen) atoms. The molecule has 7 heterocycles. The number of hydrogen-bond donors (Lipinski definition) is 7. The molecule has 0 saturated carbocycles. The summed E-state index contributed by atoms with van der Waals surface area (Å²) < 4.78 is 61.6. The predicted molar refractivity (Wildman–Crippen MR) is 149 cm³/mol. The number of phosphoric acid groups is 2. The van der Waals surface area contributed by atoms with Crippen molar-refractivity contribution in [1.82, 2.24) is 39.0 Å². The van der Waals surface area contributed by atoms with Gasteiger partial charge in [-0.2, -0.15) is 9.97 Å². The average Bonchev–Trinajstić information content (AvgIpc) is 3.73. The Morgan fingerprint density at radius 2 is 1.46 bits per heavy atom. The quantitative estimate of drug-likeness (QED) is 0.116. The smallest absolute Gasteiger partial charge is 0.386 e. The number of H-pyrrole nitrogens is 2. The second kappa shape index (κ2) is 11.3. The van der Waals surface area contributed by atoms with Crippen LogP contribution in [0.15, 0.2) is 22.2 Å². The van der Waals surface area contributed by atoms with Crippen LogP contribution in [0.4, 0.5) is 11.9 Å². The zero-order valence-electron chi connectivity index (χ0n) is 23.2. The van der Waals surface area contributed by atoms with Crippen molar-refractivity contribution in [2.75, 3.05) is 24.7 Å². The van der Waals surface area contributed by atoms with Crippen LogP contribution in [-0.2, 0) is 36.7 Å². The van der Waals surface area contributed by atoms with Crippen LogP contribution in [0.2, 0.25) is 0 Å². The maximum atomic E-state index is 13.1. The van der Waals surface area contributed by atoms with Crippen molar-refractivity contribution in [3.8, 4) is 0 Å². The molecule has 3 fully saturated rings. The van der Waals surface area contributed by atoms with Crippen molar-refractivity contribution >= 4 is 49.9 Å². The van der Waals surface area contributed by atoms with E-state index in [1.54, 1.807) is 0 Å². The molecule has 0 aliphatic carbocycles. The number of nitrogens with zero attached hydrogens (tertiary/aromatic N) is 6. The zero-order chi connectivity index (χ0) is 32.5. The van der Waals surface area contributed by atoms with Gasteiger partial charge in [-0.15, -0.1) is 0 Å². The zero-order valence-corrected chi connectivity index (χ0v) is 25.0. The summed E-state index contributed by atoms with van der Waals surface area (Å²) >= 11 is 0. The lowest BCUT2D eigenvalue weighted by Crippen LogP contribution is -2.36. The molecule has 0 amide bonds. The van der Waals surface area contributed by atoms with Crippen molar-refractivity contribution in [3.63, 3.8) is 0 Å². The fraction of sp³-hybridized carbons (Fsp3) is 0.524. The molecule has 3 aliphatic heterocycles. The summed E-state index contributed by atoms with van der Waals surface area (Å²) in [6, 6.07) is 0. The summed E-state index contributed by atoms with van der Waals surface area (Å²) in [5, 5.41) is 11.1. The Kier molecular flexibility index (Phi) is 7.61. The Hall–Kier alpha value is -3.60. The van der Waals surface area contributed by atoms with E-state index in [1.807, 2.05) is 0 Å². The summed E-state index contributed by atoms with van der Waals surface area (Å²) in [4.78, 5) is 66.3. The van der Waals surface area contributed by atoms with E-state index in [4.69, 9.17) is 39.0 Å². The summed E-state index contributed by atoms with van der Waals surface area (Å²) in [5.74, 6) is -0.432. The molecule has 4 unspecified atom stereocenters. The number of aromatic nitrogens is 8. The van der Waals surface area contributed by atoms with Crippen LogP contribution >= 0.6 is 15.6 Å². The standard InChI is InChI=1S/C21H26N10O13P2/c22-20-26-15-11(17(33)28-20)24-5-30(15)10-3-8-7(41-10)1-2-39-45(35,36)44-14-9(4-40-46(37,38)43-8)42-19(13(14)32)31-6-25-12-16(31)27-21(23)29-18(12)34/h5-10,13-14,19,32H,1-4H2,(H,35,36)(H,37,38)(H3,22,26,28,33)(H3,23,27,29,34)/t7-,8?,9+,10-,13+,14?,19-/m1/s1. The molecule has 248 valence electrons. The van der Waals surface area contributed by atoms with Gasteiger partial charge in [0.1, 0.15) is 30.6 Å². The molecule has 0 bridgehead atoms. The number of hydrogen-bond acceptors (Lipinski definition) is 17. The van der Waals surface area contributed by atoms with Crippen LogP contribution in [0.5, 0.6) is 0 Å². The van der Waals surface area contributed by atoms with Crippen molar-refractivity contribution in [1.29, 1.82) is 0 Å². The minimum absolute atomic E-state index is 0.0277. The topological polar surface area (TPSA) is 329 Å². The molecule has 0 spiro atoms. The summed E-state index contributed by atoms with van der Waals surface area (Å²) in [5.41, 5.74) is 9.88. The van der Waals surface area contributed by atoms with Gasteiger partial charge in [-0.05, 0) is 0 Å². The van der Waals surface area contributed by atoms with Gasteiger partial charge in [0.25, 0.3) is 11.1 Å². The van der Waals surface area contributed by atoms with Crippen molar-refractivity contribution in [2.45, 2.75) is 55.8 Å². The summed E-state index contributed by atoms with van der Waals surface area (Å²) in [6.45, 7) is -1.25. The van der Waals surface area contributed by atoms with E-state index in [-0.39, 0.29) is 47.1 Å². The van der Waals surface area contributed by atoms with Crippen LogP contribution in [0.3, 0.4) is 0 Å². The monoisotopic (exact) mass is 688 g/mol. The van der Waals surface area contributed by atoms with Gasteiger partial charge in [0.2, 0.25) is 11.9 Å². The number of imidazole rings is 2. The van der Waals surface area contributed by atoms with E-state index in [2.05, 4.69) is 29.9 Å². The number of nitrogens with two attached hydrogens (primary N) is 2. The van der Waals surface area contributed by atoms with Crippen LogP contribution in [-0.4, -0.2) is 97.7 Å². The van der Waals surface area contributed by atoms with Gasteiger partial charge in [0, 0.05) is 12.8 Å². The van der Waals surface area contributed by atoms with E-state index in [0.717, 1.165) is 10.9 Å². The Balaban J connectivity index is 1.15. The fourth-order valence-electron chi connectivity index (χ4n) is 5.57. The molecule has 3 saturated heterocycles. The molecule has 4 aromatic heterocycles. The third-order valence-corrected chi connectivity index (χ3v) is 9.59. The minimum atomic E-state index is -4.92. The first-order chi connectivity index (χ1) is 21.8. The lowest BCUT2D eigenvalue weighted by atomic mass is 10.1. The first-order valence-electron chi connectivity index (χ1n) is 13.5. The third-order valence-electron chi connectivity index (χ3n) is 7.56. The van der Waals surface area contributed by atoms with Gasteiger partial charge in [-0.25, -0.2) is 19.1 Å². The van der Waals surface area contributed by atoms with Gasteiger partial charge in [0.05, 0.1) is 32.0 Å². The molecule has 4 aromatic rings. The van der Waals surface area contributed by atoms with E-state index in [1.165, 1.54) is 10.9 Å². The number of aliphatic hydroxyl groups is 1. The van der Waals surface area contributed by atoms with Crippen molar-refractivity contribution in [3.05, 3.63) is 33.4 Å². The van der Waals surface area contributed by atoms with Crippen LogP contribution < -0.4 is 22.6 Å². The van der Waals surface area contributed by atoms with Gasteiger partial charge in [0.15, 0.2) is 28.6 Å². The fourth-order valence-corrected chi connectivity index (χ4v) is 7.50. The van der Waals surface area contributed by atoms with E-state index < -0.39 is 83.0 Å². The van der Waals surface area contributed by atoms with Crippen LogP contribution in [0.25, 0.3) is 22.3 Å². The normalized spacial score (nSPS) is 35.8. The molecule has 9 atom stereocenters. The Morgan fingerprint density at radius 3 is 2.13 bits per heavy atom. The molecular weight excluding hydrogens is 662 g/mol. The molecule has 3 aliphatic rings. The number of nitrogen functional groups attached to an aromatic ring is 2. The highest BCUT2D eigenvalue weighted by Gasteiger charge is 2.51. The number of aliphatic hydroxyl groups excluding tert-OH is 1. The molecule has 23 nitrogen and oxygen atoms in total. The second-order valence-electron chi connectivity index (χ2n) is 10.5. The first-order valence-corrected chi connectivity index (χ1v) is 16.5. The van der Waals surface area contributed by atoms with E-state index in [9.17, 15) is 33.6 Å². The highest BCUT2D eigenvalue weighted by Crippen LogP contribution is 2.53. The number of phosphoric ester groups is 2. The van der Waals surface area contributed by atoms with Crippen molar-refractivity contribution < 1.29 is 51.6 Å². The van der Waals surface area contributed by atoms with Crippen LogP contribution in [0, 0.1) is 0 Å². The number of anilines is 2. The maximum Gasteiger partial charge on any atom is 0.472 e. The highest BCUT2D eigenvalue weighted by atomic mass is 31.2. The second-order valence-corrected chi connectivity index (χ2v) is 13.4. The lowest BCUT2D eigenvalue weighted by molar-refractivity contribution is -0.0538. The molecule has 7 rings (SSSR count). The number of nitrogens with one attached hydrogen (secondary N) is 2. The number of fused-ring (bicyclic) bond motifs is 4. The Morgan fingerprint density at radius 1 is 0.848 bits per heavy atom.